The summed E-state index contributed by atoms with van der Waals surface area (Å²) in [6, 6.07) is 11.0. The first-order valence-corrected chi connectivity index (χ1v) is 7.59. The Bertz CT molecular complexity index is 422. The predicted molar refractivity (Wildman–Crippen MR) is 80.6 cm³/mol. The molecule has 1 aliphatic heterocycles. The van der Waals surface area contributed by atoms with Crippen LogP contribution in [0.15, 0.2) is 30.3 Å². The minimum atomic E-state index is -0.634. The van der Waals surface area contributed by atoms with Crippen molar-refractivity contribution in [2.45, 2.75) is 39.2 Å². The number of hydrogen-bond donors (Lipinski definition) is 1. The number of aliphatic carboxylic acids is 1. The molecule has 0 amide bonds. The van der Waals surface area contributed by atoms with E-state index in [1.165, 1.54) is 5.56 Å². The van der Waals surface area contributed by atoms with Crippen LogP contribution in [-0.4, -0.2) is 29.1 Å². The first kappa shape index (κ1) is 15.0. The molecule has 0 spiro atoms. The van der Waals surface area contributed by atoms with Gasteiger partial charge in [0.05, 0.1) is 5.92 Å². The van der Waals surface area contributed by atoms with Crippen molar-refractivity contribution in [3.63, 3.8) is 0 Å². The van der Waals surface area contributed by atoms with Crippen LogP contribution in [0.4, 0.5) is 0 Å². The molecule has 1 aliphatic rings. The number of likely N-dealkylation sites (tertiary alicyclic amines) is 1. The van der Waals surface area contributed by atoms with Crippen LogP contribution in [0, 0.1) is 11.8 Å². The summed E-state index contributed by atoms with van der Waals surface area (Å²) in [4.78, 5) is 13.5. The van der Waals surface area contributed by atoms with Crippen LogP contribution in [0.2, 0.25) is 0 Å². The molecule has 1 fully saturated rings. The zero-order chi connectivity index (χ0) is 14.5. The lowest BCUT2D eigenvalue weighted by atomic mass is 9.91. The van der Waals surface area contributed by atoms with Crippen molar-refractivity contribution in [3.05, 3.63) is 35.9 Å². The Morgan fingerprint density at radius 3 is 2.35 bits per heavy atom. The molecule has 0 bridgehead atoms. The van der Waals surface area contributed by atoms with Gasteiger partial charge in [-0.15, -0.1) is 0 Å². The summed E-state index contributed by atoms with van der Waals surface area (Å²) in [5, 5.41) is 9.11. The van der Waals surface area contributed by atoms with Crippen LogP contribution in [0.25, 0.3) is 0 Å². The Kier molecular flexibility index (Phi) is 5.18. The molecule has 20 heavy (non-hydrogen) atoms. The van der Waals surface area contributed by atoms with Gasteiger partial charge in [-0.3, -0.25) is 9.69 Å². The molecule has 2 rings (SSSR count). The van der Waals surface area contributed by atoms with Crippen molar-refractivity contribution < 1.29 is 9.90 Å². The summed E-state index contributed by atoms with van der Waals surface area (Å²) in [6.45, 7) is 6.28. The topological polar surface area (TPSA) is 40.5 Å². The molecule has 1 unspecified atom stereocenters. The third kappa shape index (κ3) is 3.83. The fourth-order valence-electron chi connectivity index (χ4n) is 3.08. The van der Waals surface area contributed by atoms with Crippen molar-refractivity contribution >= 4 is 5.97 Å². The van der Waals surface area contributed by atoms with Gasteiger partial charge in [0.25, 0.3) is 0 Å². The van der Waals surface area contributed by atoms with E-state index < -0.39 is 5.97 Å². The second kappa shape index (κ2) is 6.89. The number of piperidine rings is 1. The van der Waals surface area contributed by atoms with E-state index in [4.69, 9.17) is 5.11 Å². The molecule has 110 valence electrons. The molecule has 1 aromatic rings. The predicted octanol–water partition coefficient (Wildman–Crippen LogP) is 3.57. The van der Waals surface area contributed by atoms with Gasteiger partial charge in [-0.05, 0) is 43.8 Å². The number of rotatable bonds is 5. The van der Waals surface area contributed by atoms with Gasteiger partial charge < -0.3 is 5.11 Å². The van der Waals surface area contributed by atoms with Gasteiger partial charge in [0.1, 0.15) is 0 Å². The minimum Gasteiger partial charge on any atom is -0.481 e. The Morgan fingerprint density at radius 2 is 1.85 bits per heavy atom. The van der Waals surface area contributed by atoms with Gasteiger partial charge in [0, 0.05) is 6.04 Å². The van der Waals surface area contributed by atoms with E-state index >= 15 is 0 Å². The van der Waals surface area contributed by atoms with E-state index in [9.17, 15) is 4.79 Å². The third-order valence-electron chi connectivity index (χ3n) is 4.20. The van der Waals surface area contributed by atoms with Crippen molar-refractivity contribution in [1.82, 2.24) is 4.90 Å². The molecule has 1 aromatic carbocycles. The molecule has 1 heterocycles. The van der Waals surface area contributed by atoms with Gasteiger partial charge in [-0.1, -0.05) is 44.2 Å². The second-order valence-corrected chi connectivity index (χ2v) is 6.20. The molecule has 1 saturated heterocycles. The van der Waals surface area contributed by atoms with Crippen LogP contribution < -0.4 is 0 Å². The van der Waals surface area contributed by atoms with Crippen LogP contribution in [0.1, 0.15) is 44.7 Å². The van der Waals surface area contributed by atoms with E-state index in [0.717, 1.165) is 32.4 Å². The standard InChI is InChI=1S/C17H25NO2/c1-13(2)12-16(14-6-4-3-5-7-14)18-10-8-15(9-11-18)17(19)20/h3-7,13,15-16H,8-12H2,1-2H3,(H,19,20). The quantitative estimate of drug-likeness (QED) is 0.893. The maximum absolute atomic E-state index is 11.1. The Morgan fingerprint density at radius 1 is 1.25 bits per heavy atom. The van der Waals surface area contributed by atoms with E-state index in [-0.39, 0.29) is 5.92 Å². The summed E-state index contributed by atoms with van der Waals surface area (Å²) >= 11 is 0. The van der Waals surface area contributed by atoms with E-state index in [2.05, 4.69) is 43.0 Å². The molecule has 0 aromatic heterocycles. The van der Waals surface area contributed by atoms with Crippen LogP contribution in [0.5, 0.6) is 0 Å². The van der Waals surface area contributed by atoms with Gasteiger partial charge in [-0.2, -0.15) is 0 Å². The average Bonchev–Trinajstić information content (AvgIpc) is 2.45. The molecular formula is C17H25NO2. The monoisotopic (exact) mass is 275 g/mol. The summed E-state index contributed by atoms with van der Waals surface area (Å²) in [6.07, 6.45) is 2.68. The average molecular weight is 275 g/mol. The lowest BCUT2D eigenvalue weighted by Gasteiger charge is -2.37. The molecule has 3 nitrogen and oxygen atoms in total. The van der Waals surface area contributed by atoms with Crippen LogP contribution >= 0.6 is 0 Å². The maximum Gasteiger partial charge on any atom is 0.306 e. The Labute approximate surface area is 121 Å². The molecule has 1 atom stereocenters. The normalized spacial score (nSPS) is 19.1. The SMILES string of the molecule is CC(C)CC(c1ccccc1)N1CCC(C(=O)O)CC1. The zero-order valence-corrected chi connectivity index (χ0v) is 12.5. The van der Waals surface area contributed by atoms with Crippen molar-refractivity contribution in [1.29, 1.82) is 0 Å². The molecule has 0 radical (unpaired) electrons. The van der Waals surface area contributed by atoms with E-state index in [1.807, 2.05) is 6.07 Å². The highest BCUT2D eigenvalue weighted by atomic mass is 16.4. The highest BCUT2D eigenvalue weighted by Crippen LogP contribution is 2.31. The summed E-state index contributed by atoms with van der Waals surface area (Å²) in [7, 11) is 0. The first-order valence-electron chi connectivity index (χ1n) is 7.59. The zero-order valence-electron chi connectivity index (χ0n) is 12.5. The number of carbonyl (C=O) groups is 1. The second-order valence-electron chi connectivity index (χ2n) is 6.20. The van der Waals surface area contributed by atoms with E-state index in [1.54, 1.807) is 0 Å². The molecule has 0 saturated carbocycles. The minimum absolute atomic E-state index is 0.151. The van der Waals surface area contributed by atoms with Crippen molar-refractivity contribution in [2.75, 3.05) is 13.1 Å². The lowest BCUT2D eigenvalue weighted by molar-refractivity contribution is -0.143. The first-order chi connectivity index (χ1) is 9.58. The van der Waals surface area contributed by atoms with E-state index in [0.29, 0.717) is 12.0 Å². The van der Waals surface area contributed by atoms with Gasteiger partial charge in [0.2, 0.25) is 0 Å². The van der Waals surface area contributed by atoms with Crippen LogP contribution in [0.3, 0.4) is 0 Å². The van der Waals surface area contributed by atoms with Crippen molar-refractivity contribution in [3.8, 4) is 0 Å². The molecule has 3 heteroatoms. The number of hydrogen-bond acceptors (Lipinski definition) is 2. The lowest BCUT2D eigenvalue weighted by Crippen LogP contribution is -2.39. The largest absolute Gasteiger partial charge is 0.481 e. The fourth-order valence-corrected chi connectivity index (χ4v) is 3.08. The summed E-state index contributed by atoms with van der Waals surface area (Å²) in [5.74, 6) is -0.149. The third-order valence-corrected chi connectivity index (χ3v) is 4.20. The molecular weight excluding hydrogens is 250 g/mol. The van der Waals surface area contributed by atoms with Gasteiger partial charge >= 0.3 is 5.97 Å². The number of carboxylic acids is 1. The number of benzene rings is 1. The Balaban J connectivity index is 2.07. The number of nitrogens with zero attached hydrogens (tertiary/aromatic N) is 1. The highest BCUT2D eigenvalue weighted by molar-refractivity contribution is 5.70. The number of carboxylic acid groups (broad SMARTS) is 1. The summed E-state index contributed by atoms with van der Waals surface area (Å²) < 4.78 is 0. The Hall–Kier alpha value is -1.35. The van der Waals surface area contributed by atoms with Gasteiger partial charge in [0.15, 0.2) is 0 Å². The smallest absolute Gasteiger partial charge is 0.306 e. The van der Waals surface area contributed by atoms with Crippen molar-refractivity contribution in [2.24, 2.45) is 11.8 Å². The molecule has 1 N–H and O–H groups in total. The fraction of sp³-hybridized carbons (Fsp3) is 0.588. The van der Waals surface area contributed by atoms with Crippen LogP contribution in [-0.2, 0) is 4.79 Å². The maximum atomic E-state index is 11.1. The summed E-state index contributed by atoms with van der Waals surface area (Å²) in [5.41, 5.74) is 1.36. The van der Waals surface area contributed by atoms with Gasteiger partial charge in [-0.25, -0.2) is 0 Å². The highest BCUT2D eigenvalue weighted by Gasteiger charge is 2.29. The molecule has 0 aliphatic carbocycles.